The molecule has 23 heavy (non-hydrogen) atoms. The van der Waals surface area contributed by atoms with Crippen LogP contribution in [0.5, 0.6) is 0 Å². The van der Waals surface area contributed by atoms with E-state index in [9.17, 15) is 13.2 Å². The fraction of sp³-hybridized carbons (Fsp3) is 0.562. The SMILES string of the molecule is C[C@@H]1CCCC[C@H]1NC(=O)CN(C)S(=O)(=O)c1ccc(Cl)cc1. The summed E-state index contributed by atoms with van der Waals surface area (Å²) in [4.78, 5) is 12.3. The molecule has 0 bridgehead atoms. The largest absolute Gasteiger partial charge is 0.352 e. The molecule has 7 heteroatoms. The van der Waals surface area contributed by atoms with Crippen molar-refractivity contribution < 1.29 is 13.2 Å². The lowest BCUT2D eigenvalue weighted by Crippen LogP contribution is -2.46. The van der Waals surface area contributed by atoms with Crippen LogP contribution in [0, 0.1) is 5.92 Å². The first-order valence-electron chi connectivity index (χ1n) is 7.82. The number of carbonyl (C=O) groups excluding carboxylic acids is 1. The van der Waals surface area contributed by atoms with Crippen molar-refractivity contribution in [3.8, 4) is 0 Å². The van der Waals surface area contributed by atoms with E-state index >= 15 is 0 Å². The number of halogens is 1. The van der Waals surface area contributed by atoms with E-state index in [1.165, 1.54) is 37.7 Å². The number of hydrogen-bond acceptors (Lipinski definition) is 3. The maximum Gasteiger partial charge on any atom is 0.243 e. The van der Waals surface area contributed by atoms with Gasteiger partial charge in [-0.1, -0.05) is 31.4 Å². The summed E-state index contributed by atoms with van der Waals surface area (Å²) in [5, 5.41) is 3.43. The van der Waals surface area contributed by atoms with Crippen LogP contribution >= 0.6 is 11.6 Å². The average Bonchev–Trinajstić information content (AvgIpc) is 2.50. The van der Waals surface area contributed by atoms with Gasteiger partial charge in [0.15, 0.2) is 0 Å². The molecule has 0 radical (unpaired) electrons. The number of benzene rings is 1. The lowest BCUT2D eigenvalue weighted by Gasteiger charge is -2.30. The number of likely N-dealkylation sites (N-methyl/N-ethyl adjacent to an activating group) is 1. The molecule has 1 N–H and O–H groups in total. The van der Waals surface area contributed by atoms with Crippen LogP contribution < -0.4 is 5.32 Å². The summed E-state index contributed by atoms with van der Waals surface area (Å²) in [6.07, 6.45) is 4.36. The van der Waals surface area contributed by atoms with Crippen LogP contribution in [0.3, 0.4) is 0 Å². The molecule has 128 valence electrons. The third-order valence-electron chi connectivity index (χ3n) is 4.35. The summed E-state index contributed by atoms with van der Waals surface area (Å²) in [7, 11) is -2.28. The Balaban J connectivity index is 1.98. The van der Waals surface area contributed by atoms with Crippen molar-refractivity contribution in [2.24, 2.45) is 5.92 Å². The maximum atomic E-state index is 12.4. The summed E-state index contributed by atoms with van der Waals surface area (Å²) in [6, 6.07) is 6.06. The minimum absolute atomic E-state index is 0.128. The van der Waals surface area contributed by atoms with E-state index in [2.05, 4.69) is 12.2 Å². The Kier molecular flexibility index (Phi) is 6.06. The highest BCUT2D eigenvalue weighted by atomic mass is 35.5. The van der Waals surface area contributed by atoms with Gasteiger partial charge < -0.3 is 5.32 Å². The molecule has 0 aliphatic heterocycles. The van der Waals surface area contributed by atoms with E-state index < -0.39 is 10.0 Å². The van der Waals surface area contributed by atoms with Gasteiger partial charge in [0.2, 0.25) is 15.9 Å². The van der Waals surface area contributed by atoms with Crippen molar-refractivity contribution in [2.75, 3.05) is 13.6 Å². The lowest BCUT2D eigenvalue weighted by molar-refractivity contribution is -0.122. The smallest absolute Gasteiger partial charge is 0.243 e. The van der Waals surface area contributed by atoms with Crippen LogP contribution in [0.1, 0.15) is 32.6 Å². The van der Waals surface area contributed by atoms with Gasteiger partial charge in [-0.25, -0.2) is 8.42 Å². The normalized spacial score (nSPS) is 22.1. The molecule has 0 heterocycles. The van der Waals surface area contributed by atoms with E-state index in [-0.39, 0.29) is 23.4 Å². The van der Waals surface area contributed by atoms with Crippen molar-refractivity contribution in [1.29, 1.82) is 0 Å². The van der Waals surface area contributed by atoms with Crippen LogP contribution in [-0.4, -0.2) is 38.3 Å². The summed E-state index contributed by atoms with van der Waals surface area (Å²) in [6.45, 7) is 1.94. The molecule has 0 spiro atoms. The fourth-order valence-electron chi connectivity index (χ4n) is 2.86. The first kappa shape index (κ1) is 18.2. The van der Waals surface area contributed by atoms with Crippen molar-refractivity contribution in [1.82, 2.24) is 9.62 Å². The van der Waals surface area contributed by atoms with Gasteiger partial charge >= 0.3 is 0 Å². The second-order valence-corrected chi connectivity index (χ2v) is 8.63. The van der Waals surface area contributed by atoms with Gasteiger partial charge in [-0.05, 0) is 43.0 Å². The molecule has 5 nitrogen and oxygen atoms in total. The van der Waals surface area contributed by atoms with E-state index in [0.29, 0.717) is 10.9 Å². The third kappa shape index (κ3) is 4.68. The Hall–Kier alpha value is -1.11. The number of rotatable bonds is 5. The molecular weight excluding hydrogens is 336 g/mol. The zero-order chi connectivity index (χ0) is 17.0. The Morgan fingerprint density at radius 2 is 1.87 bits per heavy atom. The average molecular weight is 359 g/mol. The first-order valence-corrected chi connectivity index (χ1v) is 9.64. The summed E-state index contributed by atoms with van der Waals surface area (Å²) in [5.41, 5.74) is 0. The lowest BCUT2D eigenvalue weighted by atomic mass is 9.86. The third-order valence-corrected chi connectivity index (χ3v) is 6.42. The van der Waals surface area contributed by atoms with Crippen LogP contribution in [0.4, 0.5) is 0 Å². The van der Waals surface area contributed by atoms with Gasteiger partial charge in [0, 0.05) is 18.1 Å². The highest BCUT2D eigenvalue weighted by molar-refractivity contribution is 7.89. The number of nitrogens with zero attached hydrogens (tertiary/aromatic N) is 1. The van der Waals surface area contributed by atoms with Gasteiger partial charge in [0.1, 0.15) is 0 Å². The van der Waals surface area contributed by atoms with Crippen LogP contribution in [0.25, 0.3) is 0 Å². The highest BCUT2D eigenvalue weighted by Crippen LogP contribution is 2.23. The molecule has 1 fully saturated rings. The zero-order valence-corrected chi connectivity index (χ0v) is 15.0. The molecule has 1 aliphatic carbocycles. The van der Waals surface area contributed by atoms with E-state index in [1.807, 2.05) is 0 Å². The summed E-state index contributed by atoms with van der Waals surface area (Å²) in [5.74, 6) is 0.176. The number of carbonyl (C=O) groups is 1. The molecule has 0 saturated heterocycles. The predicted octanol–water partition coefficient (Wildman–Crippen LogP) is 2.66. The first-order chi connectivity index (χ1) is 10.8. The van der Waals surface area contributed by atoms with Gasteiger partial charge in [-0.15, -0.1) is 0 Å². The number of amides is 1. The molecule has 2 atom stereocenters. The molecule has 1 aliphatic rings. The van der Waals surface area contributed by atoms with Crippen LogP contribution in [-0.2, 0) is 14.8 Å². The minimum atomic E-state index is -3.69. The molecule has 0 unspecified atom stereocenters. The predicted molar refractivity (Wildman–Crippen MR) is 90.8 cm³/mol. The van der Waals surface area contributed by atoms with E-state index in [0.717, 1.165) is 23.6 Å². The molecule has 2 rings (SSSR count). The molecule has 1 amide bonds. The Labute approximate surface area is 143 Å². The molecule has 0 aromatic heterocycles. The highest BCUT2D eigenvalue weighted by Gasteiger charge is 2.26. The summed E-state index contributed by atoms with van der Waals surface area (Å²) >= 11 is 5.78. The second kappa shape index (κ2) is 7.64. The van der Waals surface area contributed by atoms with Gasteiger partial charge in [0.05, 0.1) is 11.4 Å². The molecular formula is C16H23ClN2O3S. The fourth-order valence-corrected chi connectivity index (χ4v) is 4.11. The maximum absolute atomic E-state index is 12.4. The molecule has 1 aromatic carbocycles. The zero-order valence-electron chi connectivity index (χ0n) is 13.5. The Morgan fingerprint density at radius 1 is 1.26 bits per heavy atom. The standard InChI is InChI=1S/C16H23ClN2O3S/c1-12-5-3-4-6-15(12)18-16(20)11-19(2)23(21,22)14-9-7-13(17)8-10-14/h7-10,12,15H,3-6,11H2,1-2H3,(H,18,20)/t12-,15-/m1/s1. The molecule has 1 aromatic rings. The number of sulfonamides is 1. The van der Waals surface area contributed by atoms with Crippen molar-refractivity contribution in [3.63, 3.8) is 0 Å². The minimum Gasteiger partial charge on any atom is -0.352 e. The topological polar surface area (TPSA) is 66.5 Å². The molecule has 1 saturated carbocycles. The van der Waals surface area contributed by atoms with Crippen molar-refractivity contribution >= 4 is 27.5 Å². The van der Waals surface area contributed by atoms with Crippen molar-refractivity contribution in [3.05, 3.63) is 29.3 Å². The van der Waals surface area contributed by atoms with Gasteiger partial charge in [0.25, 0.3) is 0 Å². The van der Waals surface area contributed by atoms with E-state index in [4.69, 9.17) is 11.6 Å². The summed E-state index contributed by atoms with van der Waals surface area (Å²) < 4.78 is 25.9. The van der Waals surface area contributed by atoms with Crippen molar-refractivity contribution in [2.45, 2.75) is 43.5 Å². The van der Waals surface area contributed by atoms with Crippen LogP contribution in [0.2, 0.25) is 5.02 Å². The van der Waals surface area contributed by atoms with Crippen LogP contribution in [0.15, 0.2) is 29.2 Å². The Morgan fingerprint density at radius 3 is 2.48 bits per heavy atom. The van der Waals surface area contributed by atoms with Gasteiger partial charge in [-0.2, -0.15) is 4.31 Å². The number of nitrogens with one attached hydrogen (secondary N) is 1. The monoisotopic (exact) mass is 358 g/mol. The second-order valence-electron chi connectivity index (χ2n) is 6.15. The number of hydrogen-bond donors (Lipinski definition) is 1. The van der Waals surface area contributed by atoms with E-state index in [1.54, 1.807) is 0 Å². The Bertz CT molecular complexity index is 646. The van der Waals surface area contributed by atoms with Gasteiger partial charge in [-0.3, -0.25) is 4.79 Å². The quantitative estimate of drug-likeness (QED) is 0.879.